The molecule has 0 radical (unpaired) electrons. The number of hydrogen-bond acceptors (Lipinski definition) is 7. The van der Waals surface area contributed by atoms with Crippen LogP contribution in [0.1, 0.15) is 6.92 Å². The number of benzene rings is 2. The van der Waals surface area contributed by atoms with Gasteiger partial charge in [0.1, 0.15) is 11.4 Å². The molecule has 5 rings (SSSR count). The van der Waals surface area contributed by atoms with E-state index in [2.05, 4.69) is 14.9 Å². The topological polar surface area (TPSA) is 82.1 Å². The summed E-state index contributed by atoms with van der Waals surface area (Å²) in [6.07, 6.45) is 1.65. The molecule has 1 atom stereocenters. The summed E-state index contributed by atoms with van der Waals surface area (Å²) < 4.78 is 5.52. The van der Waals surface area contributed by atoms with Gasteiger partial charge in [0.15, 0.2) is 24.1 Å². The van der Waals surface area contributed by atoms with Gasteiger partial charge < -0.3 is 19.4 Å². The monoisotopic (exact) mass is 472 g/mol. The number of aromatic nitrogens is 2. The van der Waals surface area contributed by atoms with Gasteiger partial charge in [0.05, 0.1) is 12.8 Å². The molecule has 2 aliphatic rings. The molecule has 0 saturated carbocycles. The molecule has 0 bridgehead atoms. The SMILES string of the molecule is CCOc1ccc(N2CCN(C(=O)N3c4cnc(-c5ccccc5)nc4N(C)C3C=O)CC2)cc1. The van der Waals surface area contributed by atoms with Crippen LogP contribution in [0.15, 0.2) is 60.8 Å². The second-order valence-electron chi connectivity index (χ2n) is 8.48. The van der Waals surface area contributed by atoms with E-state index >= 15 is 0 Å². The van der Waals surface area contributed by atoms with Gasteiger partial charge in [0.2, 0.25) is 0 Å². The summed E-state index contributed by atoms with van der Waals surface area (Å²) in [5.41, 5.74) is 2.52. The molecule has 2 aliphatic heterocycles. The van der Waals surface area contributed by atoms with E-state index in [0.717, 1.165) is 23.3 Å². The summed E-state index contributed by atoms with van der Waals surface area (Å²) in [5, 5.41) is 0. The highest BCUT2D eigenvalue weighted by atomic mass is 16.5. The van der Waals surface area contributed by atoms with E-state index in [1.165, 1.54) is 4.90 Å². The summed E-state index contributed by atoms with van der Waals surface area (Å²) in [6, 6.07) is 17.4. The molecule has 35 heavy (non-hydrogen) atoms. The Kier molecular flexibility index (Phi) is 6.22. The van der Waals surface area contributed by atoms with Crippen molar-refractivity contribution in [2.24, 2.45) is 0 Å². The molecule has 180 valence electrons. The zero-order valence-electron chi connectivity index (χ0n) is 19.9. The molecule has 0 N–H and O–H groups in total. The van der Waals surface area contributed by atoms with Gasteiger partial charge in [-0.15, -0.1) is 0 Å². The highest BCUT2D eigenvalue weighted by Crippen LogP contribution is 2.38. The van der Waals surface area contributed by atoms with E-state index in [0.29, 0.717) is 50.1 Å². The second-order valence-corrected chi connectivity index (χ2v) is 8.48. The summed E-state index contributed by atoms with van der Waals surface area (Å²) in [4.78, 5) is 42.0. The van der Waals surface area contributed by atoms with Crippen molar-refractivity contribution in [1.82, 2.24) is 14.9 Å². The first-order valence-corrected chi connectivity index (χ1v) is 11.8. The molecule has 1 unspecified atom stereocenters. The summed E-state index contributed by atoms with van der Waals surface area (Å²) in [5.74, 6) is 1.97. The van der Waals surface area contributed by atoms with Gasteiger partial charge in [0, 0.05) is 44.5 Å². The van der Waals surface area contributed by atoms with E-state index in [9.17, 15) is 9.59 Å². The standard InChI is InChI=1S/C26H28N6O3/c1-3-35-21-11-9-20(10-12-21)30-13-15-31(16-14-30)26(34)32-22-17-27-24(19-7-5-4-6-8-19)28-25(22)29(2)23(32)18-33/h4-12,17-18,23H,3,13-16H2,1-2H3. The first kappa shape index (κ1) is 22.6. The Labute approximate surface area is 204 Å². The van der Waals surface area contributed by atoms with Gasteiger partial charge in [-0.1, -0.05) is 30.3 Å². The Bertz CT molecular complexity index is 1200. The van der Waals surface area contributed by atoms with Crippen molar-refractivity contribution >= 4 is 29.5 Å². The molecule has 2 amide bonds. The van der Waals surface area contributed by atoms with Crippen molar-refractivity contribution < 1.29 is 14.3 Å². The Balaban J connectivity index is 1.32. The highest BCUT2D eigenvalue weighted by molar-refractivity contribution is 6.03. The predicted octanol–water partition coefficient (Wildman–Crippen LogP) is 3.27. The third-order valence-corrected chi connectivity index (χ3v) is 6.43. The van der Waals surface area contributed by atoms with Gasteiger partial charge in [-0.05, 0) is 31.2 Å². The third kappa shape index (κ3) is 4.25. The fraction of sp³-hybridized carbons (Fsp3) is 0.308. The van der Waals surface area contributed by atoms with Gasteiger partial charge in [-0.3, -0.25) is 9.69 Å². The Morgan fingerprint density at radius 1 is 1.06 bits per heavy atom. The van der Waals surface area contributed by atoms with Crippen LogP contribution < -0.4 is 19.4 Å². The molecule has 1 saturated heterocycles. The Morgan fingerprint density at radius 3 is 2.43 bits per heavy atom. The number of ether oxygens (including phenoxy) is 1. The van der Waals surface area contributed by atoms with Crippen molar-refractivity contribution in [2.75, 3.05) is 54.5 Å². The average Bonchev–Trinajstić information content (AvgIpc) is 3.20. The highest BCUT2D eigenvalue weighted by Gasteiger charge is 2.41. The number of urea groups is 1. The Hall–Kier alpha value is -4.14. The van der Waals surface area contributed by atoms with Crippen LogP contribution in [0.3, 0.4) is 0 Å². The molecule has 1 fully saturated rings. The minimum Gasteiger partial charge on any atom is -0.494 e. The number of carbonyl (C=O) groups excluding carboxylic acids is 2. The van der Waals surface area contributed by atoms with E-state index in [1.54, 1.807) is 23.0 Å². The van der Waals surface area contributed by atoms with Gasteiger partial charge in [0.25, 0.3) is 0 Å². The zero-order chi connectivity index (χ0) is 24.4. The van der Waals surface area contributed by atoms with Crippen LogP contribution in [-0.2, 0) is 4.79 Å². The number of likely N-dealkylation sites (N-methyl/N-ethyl adjacent to an activating group) is 1. The third-order valence-electron chi connectivity index (χ3n) is 6.43. The summed E-state index contributed by atoms with van der Waals surface area (Å²) >= 11 is 0. The molecule has 9 heteroatoms. The molecule has 2 aromatic carbocycles. The Morgan fingerprint density at radius 2 is 1.77 bits per heavy atom. The van der Waals surface area contributed by atoms with E-state index in [4.69, 9.17) is 4.74 Å². The predicted molar refractivity (Wildman–Crippen MR) is 135 cm³/mol. The summed E-state index contributed by atoms with van der Waals surface area (Å²) in [6.45, 7) is 5.10. The van der Waals surface area contributed by atoms with Crippen molar-refractivity contribution in [3.05, 3.63) is 60.8 Å². The molecular weight excluding hydrogens is 444 g/mol. The van der Waals surface area contributed by atoms with E-state index in [-0.39, 0.29) is 6.03 Å². The normalized spacial score (nSPS) is 17.4. The lowest BCUT2D eigenvalue weighted by molar-refractivity contribution is -0.108. The molecule has 3 heterocycles. The maximum Gasteiger partial charge on any atom is 0.326 e. The fourth-order valence-corrected chi connectivity index (χ4v) is 4.56. The molecular formula is C26H28N6O3. The average molecular weight is 473 g/mol. The zero-order valence-corrected chi connectivity index (χ0v) is 19.9. The van der Waals surface area contributed by atoms with Crippen LogP contribution in [0.4, 0.5) is 22.0 Å². The van der Waals surface area contributed by atoms with Crippen molar-refractivity contribution in [3.8, 4) is 17.1 Å². The largest absolute Gasteiger partial charge is 0.494 e. The number of carbonyl (C=O) groups is 2. The van der Waals surface area contributed by atoms with Gasteiger partial charge >= 0.3 is 6.03 Å². The number of rotatable bonds is 5. The number of anilines is 3. The van der Waals surface area contributed by atoms with Crippen molar-refractivity contribution in [1.29, 1.82) is 0 Å². The fourth-order valence-electron chi connectivity index (χ4n) is 4.56. The maximum atomic E-state index is 13.6. The number of aldehydes is 1. The first-order valence-electron chi connectivity index (χ1n) is 11.8. The summed E-state index contributed by atoms with van der Waals surface area (Å²) in [7, 11) is 1.77. The molecule has 3 aromatic rings. The number of nitrogens with zero attached hydrogens (tertiary/aromatic N) is 6. The smallest absolute Gasteiger partial charge is 0.326 e. The molecule has 9 nitrogen and oxygen atoms in total. The molecule has 1 aromatic heterocycles. The maximum absolute atomic E-state index is 13.6. The van der Waals surface area contributed by atoms with E-state index < -0.39 is 6.17 Å². The second kappa shape index (κ2) is 9.61. The van der Waals surface area contributed by atoms with Crippen LogP contribution in [0.25, 0.3) is 11.4 Å². The van der Waals surface area contributed by atoms with Gasteiger partial charge in [-0.25, -0.2) is 14.8 Å². The lowest BCUT2D eigenvalue weighted by Crippen LogP contribution is -2.56. The van der Waals surface area contributed by atoms with Crippen molar-refractivity contribution in [2.45, 2.75) is 13.1 Å². The first-order chi connectivity index (χ1) is 17.1. The van der Waals surface area contributed by atoms with Crippen LogP contribution >= 0.6 is 0 Å². The minimum atomic E-state index is -0.762. The minimum absolute atomic E-state index is 0.213. The number of hydrogen-bond donors (Lipinski definition) is 0. The molecule has 0 spiro atoms. The number of amides is 2. The van der Waals surface area contributed by atoms with Crippen LogP contribution in [-0.4, -0.2) is 73.2 Å². The van der Waals surface area contributed by atoms with Crippen LogP contribution in [0.5, 0.6) is 5.75 Å². The van der Waals surface area contributed by atoms with Gasteiger partial charge in [-0.2, -0.15) is 0 Å². The van der Waals surface area contributed by atoms with Crippen LogP contribution in [0, 0.1) is 0 Å². The quantitative estimate of drug-likeness (QED) is 0.527. The van der Waals surface area contributed by atoms with Crippen LogP contribution in [0.2, 0.25) is 0 Å². The van der Waals surface area contributed by atoms with Crippen molar-refractivity contribution in [3.63, 3.8) is 0 Å². The lowest BCUT2D eigenvalue weighted by Gasteiger charge is -2.38. The molecule has 0 aliphatic carbocycles. The number of piperazine rings is 1. The lowest BCUT2D eigenvalue weighted by atomic mass is 10.2. The number of fused-ring (bicyclic) bond motifs is 1. The van der Waals surface area contributed by atoms with E-state index in [1.807, 2.05) is 61.5 Å².